The molecule has 1 N–H and O–H groups in total. The lowest BCUT2D eigenvalue weighted by molar-refractivity contribution is -0.0728. The van der Waals surface area contributed by atoms with Crippen LogP contribution in [-0.4, -0.2) is 30.3 Å². The van der Waals surface area contributed by atoms with Crippen LogP contribution in [0.3, 0.4) is 0 Å². The number of methoxy groups -OCH3 is 1. The van der Waals surface area contributed by atoms with Crippen molar-refractivity contribution in [1.82, 2.24) is 0 Å². The van der Waals surface area contributed by atoms with E-state index in [1.54, 1.807) is 7.11 Å². The molecule has 2 nitrogen and oxygen atoms in total. The molecule has 0 spiro atoms. The standard InChI is InChI=1S/C16H29ClO2/c1-19-12-14-6-4-5-13(14)11-16(18)9-3-2-7-15(16)8-10-17/h13-15,18H,2-12H2,1H3/t13-,14+,15-,16+/m1/s1. The summed E-state index contributed by atoms with van der Waals surface area (Å²) in [4.78, 5) is 0. The first-order valence-electron chi connectivity index (χ1n) is 7.97. The lowest BCUT2D eigenvalue weighted by Crippen LogP contribution is -2.43. The molecule has 2 aliphatic carbocycles. The molecule has 0 aliphatic heterocycles. The van der Waals surface area contributed by atoms with Crippen LogP contribution in [0.2, 0.25) is 0 Å². The molecular weight excluding hydrogens is 260 g/mol. The summed E-state index contributed by atoms with van der Waals surface area (Å²) in [5.74, 6) is 2.41. The second kappa shape index (κ2) is 7.28. The third-order valence-electron chi connectivity index (χ3n) is 5.44. The highest BCUT2D eigenvalue weighted by molar-refractivity contribution is 6.17. The average molecular weight is 289 g/mol. The molecule has 0 amide bonds. The van der Waals surface area contributed by atoms with Gasteiger partial charge in [0.25, 0.3) is 0 Å². The predicted molar refractivity (Wildman–Crippen MR) is 79.6 cm³/mol. The summed E-state index contributed by atoms with van der Waals surface area (Å²) in [6.45, 7) is 0.862. The molecule has 19 heavy (non-hydrogen) atoms. The SMILES string of the molecule is COC[C@@H]1CCC[C@@H]1C[C@@]1(O)CCCC[C@@H]1CCCl. The summed E-state index contributed by atoms with van der Waals surface area (Å²) >= 11 is 5.93. The number of hydrogen-bond acceptors (Lipinski definition) is 2. The quantitative estimate of drug-likeness (QED) is 0.749. The molecule has 0 saturated heterocycles. The molecule has 112 valence electrons. The number of rotatable bonds is 6. The van der Waals surface area contributed by atoms with Gasteiger partial charge in [-0.25, -0.2) is 0 Å². The molecule has 0 aromatic rings. The summed E-state index contributed by atoms with van der Waals surface area (Å²) < 4.78 is 5.35. The van der Waals surface area contributed by atoms with Crippen LogP contribution in [0, 0.1) is 17.8 Å². The first-order valence-corrected chi connectivity index (χ1v) is 8.50. The highest BCUT2D eigenvalue weighted by atomic mass is 35.5. The molecule has 0 aromatic carbocycles. The van der Waals surface area contributed by atoms with Crippen molar-refractivity contribution in [2.45, 2.75) is 63.4 Å². The number of alkyl halides is 1. The Morgan fingerprint density at radius 1 is 1.16 bits per heavy atom. The van der Waals surface area contributed by atoms with Gasteiger partial charge in [0.15, 0.2) is 0 Å². The van der Waals surface area contributed by atoms with Gasteiger partial charge in [-0.3, -0.25) is 0 Å². The van der Waals surface area contributed by atoms with E-state index in [1.165, 1.54) is 32.1 Å². The van der Waals surface area contributed by atoms with Crippen molar-refractivity contribution in [3.05, 3.63) is 0 Å². The van der Waals surface area contributed by atoms with Gasteiger partial charge in [-0.15, -0.1) is 11.6 Å². The Labute approximate surface area is 122 Å². The van der Waals surface area contributed by atoms with Gasteiger partial charge in [0.1, 0.15) is 0 Å². The third-order valence-corrected chi connectivity index (χ3v) is 5.66. The van der Waals surface area contributed by atoms with E-state index >= 15 is 0 Å². The molecule has 3 heteroatoms. The van der Waals surface area contributed by atoms with Crippen molar-refractivity contribution in [3.8, 4) is 0 Å². The minimum Gasteiger partial charge on any atom is -0.390 e. The van der Waals surface area contributed by atoms with Gasteiger partial charge >= 0.3 is 0 Å². The molecule has 0 radical (unpaired) electrons. The van der Waals surface area contributed by atoms with Gasteiger partial charge < -0.3 is 9.84 Å². The monoisotopic (exact) mass is 288 g/mol. The molecule has 0 bridgehead atoms. The third kappa shape index (κ3) is 3.86. The van der Waals surface area contributed by atoms with Crippen LogP contribution >= 0.6 is 11.6 Å². The van der Waals surface area contributed by atoms with E-state index in [-0.39, 0.29) is 0 Å². The Balaban J connectivity index is 1.97. The lowest BCUT2D eigenvalue weighted by atomic mass is 9.69. The Hall–Kier alpha value is 0.210. The van der Waals surface area contributed by atoms with Crippen LogP contribution in [0.1, 0.15) is 57.8 Å². The van der Waals surface area contributed by atoms with Gasteiger partial charge in [-0.2, -0.15) is 0 Å². The molecule has 2 fully saturated rings. The van der Waals surface area contributed by atoms with Crippen molar-refractivity contribution >= 4 is 11.6 Å². The normalized spacial score (nSPS) is 39.6. The summed E-state index contributed by atoms with van der Waals surface area (Å²) in [6, 6.07) is 0. The van der Waals surface area contributed by atoms with E-state index in [4.69, 9.17) is 16.3 Å². The second-order valence-corrected chi connectivity index (χ2v) is 7.01. The number of ether oxygens (including phenoxy) is 1. The van der Waals surface area contributed by atoms with E-state index in [9.17, 15) is 5.11 Å². The van der Waals surface area contributed by atoms with Crippen LogP contribution in [0.4, 0.5) is 0 Å². The summed E-state index contributed by atoms with van der Waals surface area (Å²) in [6.07, 6.45) is 10.4. The average Bonchev–Trinajstić information content (AvgIpc) is 2.80. The fourth-order valence-electron chi connectivity index (χ4n) is 4.38. The van der Waals surface area contributed by atoms with Crippen LogP contribution in [-0.2, 0) is 4.74 Å². The smallest absolute Gasteiger partial charge is 0.0679 e. The Morgan fingerprint density at radius 2 is 1.95 bits per heavy atom. The van der Waals surface area contributed by atoms with Gasteiger partial charge in [-0.05, 0) is 56.3 Å². The van der Waals surface area contributed by atoms with Gasteiger partial charge in [0.2, 0.25) is 0 Å². The van der Waals surface area contributed by atoms with Crippen molar-refractivity contribution in [1.29, 1.82) is 0 Å². The van der Waals surface area contributed by atoms with Crippen molar-refractivity contribution in [3.63, 3.8) is 0 Å². The summed E-state index contributed by atoms with van der Waals surface area (Å²) in [5, 5.41) is 11.1. The number of halogens is 1. The highest BCUT2D eigenvalue weighted by Gasteiger charge is 2.42. The maximum atomic E-state index is 11.1. The van der Waals surface area contributed by atoms with E-state index in [0.29, 0.717) is 23.6 Å². The molecule has 0 heterocycles. The topological polar surface area (TPSA) is 29.5 Å². The Morgan fingerprint density at radius 3 is 2.68 bits per heavy atom. The van der Waals surface area contributed by atoms with Gasteiger partial charge in [0, 0.05) is 19.6 Å². The van der Waals surface area contributed by atoms with Crippen molar-refractivity contribution in [2.75, 3.05) is 19.6 Å². The van der Waals surface area contributed by atoms with Crippen molar-refractivity contribution < 1.29 is 9.84 Å². The van der Waals surface area contributed by atoms with Crippen LogP contribution in [0.15, 0.2) is 0 Å². The van der Waals surface area contributed by atoms with Gasteiger partial charge in [0.05, 0.1) is 5.60 Å². The van der Waals surface area contributed by atoms with Crippen molar-refractivity contribution in [2.24, 2.45) is 17.8 Å². The molecule has 2 aliphatic rings. The minimum atomic E-state index is -0.450. The van der Waals surface area contributed by atoms with E-state index < -0.39 is 5.60 Å². The van der Waals surface area contributed by atoms with E-state index in [2.05, 4.69) is 0 Å². The zero-order chi connectivity index (χ0) is 13.7. The lowest BCUT2D eigenvalue weighted by Gasteiger charge is -2.42. The Bertz CT molecular complexity index is 269. The predicted octanol–water partition coefficient (Wildman–Crippen LogP) is 3.99. The summed E-state index contributed by atoms with van der Waals surface area (Å²) in [5.41, 5.74) is -0.450. The molecule has 0 unspecified atom stereocenters. The first-order chi connectivity index (χ1) is 9.19. The van der Waals surface area contributed by atoms with Crippen LogP contribution in [0.25, 0.3) is 0 Å². The first kappa shape index (κ1) is 15.6. The van der Waals surface area contributed by atoms with Crippen LogP contribution < -0.4 is 0 Å². The maximum Gasteiger partial charge on any atom is 0.0679 e. The molecular formula is C16H29ClO2. The number of hydrogen-bond donors (Lipinski definition) is 1. The minimum absolute atomic E-state index is 0.419. The fourth-order valence-corrected chi connectivity index (χ4v) is 4.64. The van der Waals surface area contributed by atoms with Gasteiger partial charge in [-0.1, -0.05) is 19.3 Å². The molecule has 2 rings (SSSR count). The zero-order valence-electron chi connectivity index (χ0n) is 12.2. The Kier molecular flexibility index (Phi) is 5.98. The second-order valence-electron chi connectivity index (χ2n) is 6.63. The molecule has 2 saturated carbocycles. The molecule has 0 aromatic heterocycles. The number of aliphatic hydroxyl groups is 1. The largest absolute Gasteiger partial charge is 0.390 e. The highest BCUT2D eigenvalue weighted by Crippen LogP contribution is 2.45. The van der Waals surface area contributed by atoms with E-state index in [0.717, 1.165) is 32.3 Å². The van der Waals surface area contributed by atoms with E-state index in [1.807, 2.05) is 0 Å². The zero-order valence-corrected chi connectivity index (χ0v) is 13.0. The van der Waals surface area contributed by atoms with Crippen LogP contribution in [0.5, 0.6) is 0 Å². The molecule has 4 atom stereocenters. The summed E-state index contributed by atoms with van der Waals surface area (Å²) in [7, 11) is 1.79. The maximum absolute atomic E-state index is 11.1. The fraction of sp³-hybridized carbons (Fsp3) is 1.00.